The third-order valence-electron chi connectivity index (χ3n) is 2.98. The van der Waals surface area contributed by atoms with Crippen LogP contribution in [0.1, 0.15) is 37.5 Å². The number of aromatic amines is 1. The van der Waals surface area contributed by atoms with E-state index in [0.717, 1.165) is 37.3 Å². The molecular weight excluding hydrogens is 222 g/mol. The molecule has 0 amide bonds. The Morgan fingerprint density at radius 3 is 2.61 bits per heavy atom. The summed E-state index contributed by atoms with van der Waals surface area (Å²) in [6.07, 6.45) is 3.24. The zero-order valence-corrected chi connectivity index (χ0v) is 11.2. The lowest BCUT2D eigenvalue weighted by Crippen LogP contribution is -2.01. The number of benzene rings is 1. The molecule has 0 aliphatic carbocycles. The van der Waals surface area contributed by atoms with Crippen molar-refractivity contribution < 1.29 is 0 Å². The van der Waals surface area contributed by atoms with Crippen LogP contribution >= 0.6 is 0 Å². The van der Waals surface area contributed by atoms with Gasteiger partial charge in [0.05, 0.1) is 12.2 Å². The van der Waals surface area contributed by atoms with Gasteiger partial charge in [0.2, 0.25) is 0 Å². The molecule has 3 nitrogen and oxygen atoms in total. The van der Waals surface area contributed by atoms with Gasteiger partial charge < -0.3 is 10.3 Å². The van der Waals surface area contributed by atoms with Crippen LogP contribution in [0.3, 0.4) is 0 Å². The van der Waals surface area contributed by atoms with Gasteiger partial charge in [-0.2, -0.15) is 0 Å². The highest BCUT2D eigenvalue weighted by molar-refractivity contribution is 5.42. The van der Waals surface area contributed by atoms with Crippen LogP contribution in [0.5, 0.6) is 0 Å². The lowest BCUT2D eigenvalue weighted by atomic mass is 10.2. The topological polar surface area (TPSA) is 40.7 Å². The normalized spacial score (nSPS) is 10.6. The van der Waals surface area contributed by atoms with Crippen molar-refractivity contribution in [2.45, 2.75) is 39.7 Å². The number of hydrogen-bond donors (Lipinski definition) is 2. The highest BCUT2D eigenvalue weighted by atomic mass is 15.0. The summed E-state index contributed by atoms with van der Waals surface area (Å²) in [5.41, 5.74) is 3.63. The fourth-order valence-corrected chi connectivity index (χ4v) is 2.08. The Morgan fingerprint density at radius 1 is 1.17 bits per heavy atom. The summed E-state index contributed by atoms with van der Waals surface area (Å²) in [5, 5.41) is 3.37. The Bertz CT molecular complexity index is 474. The van der Waals surface area contributed by atoms with Gasteiger partial charge in [0.1, 0.15) is 5.82 Å². The molecule has 1 aromatic heterocycles. The van der Waals surface area contributed by atoms with Gasteiger partial charge in [0.15, 0.2) is 0 Å². The van der Waals surface area contributed by atoms with E-state index in [-0.39, 0.29) is 0 Å². The molecule has 0 radical (unpaired) electrons. The average molecular weight is 243 g/mol. The van der Waals surface area contributed by atoms with E-state index < -0.39 is 0 Å². The molecule has 0 aliphatic heterocycles. The van der Waals surface area contributed by atoms with E-state index in [2.05, 4.69) is 41.3 Å². The van der Waals surface area contributed by atoms with Crippen LogP contribution in [0.25, 0.3) is 0 Å². The van der Waals surface area contributed by atoms with E-state index >= 15 is 0 Å². The summed E-state index contributed by atoms with van der Waals surface area (Å²) in [6.45, 7) is 5.10. The average Bonchev–Trinajstić information content (AvgIpc) is 2.80. The second kappa shape index (κ2) is 6.24. The number of H-pyrrole nitrogens is 1. The molecule has 18 heavy (non-hydrogen) atoms. The molecule has 0 unspecified atom stereocenters. The van der Waals surface area contributed by atoms with Crippen LogP contribution in [0.4, 0.5) is 5.69 Å². The van der Waals surface area contributed by atoms with Crippen LogP contribution in [0, 0.1) is 0 Å². The van der Waals surface area contributed by atoms with Crippen molar-refractivity contribution >= 4 is 5.69 Å². The fraction of sp³-hybridized carbons (Fsp3) is 0.400. The van der Waals surface area contributed by atoms with E-state index in [1.807, 2.05) is 18.2 Å². The molecule has 0 atom stereocenters. The Morgan fingerprint density at radius 2 is 1.94 bits per heavy atom. The summed E-state index contributed by atoms with van der Waals surface area (Å²) in [6, 6.07) is 10.2. The molecule has 0 bridgehead atoms. The van der Waals surface area contributed by atoms with Gasteiger partial charge >= 0.3 is 0 Å². The van der Waals surface area contributed by atoms with Crippen molar-refractivity contribution in [2.24, 2.45) is 0 Å². The molecule has 3 heteroatoms. The Labute approximate surface area is 109 Å². The van der Waals surface area contributed by atoms with E-state index in [1.54, 1.807) is 0 Å². The fourth-order valence-electron chi connectivity index (χ4n) is 2.08. The first kappa shape index (κ1) is 12.7. The smallest absolute Gasteiger partial charge is 0.125 e. The van der Waals surface area contributed by atoms with Crippen molar-refractivity contribution in [3.8, 4) is 0 Å². The highest BCUT2D eigenvalue weighted by Crippen LogP contribution is 2.12. The molecule has 2 N–H and O–H groups in total. The number of imidazole rings is 1. The van der Waals surface area contributed by atoms with Gasteiger partial charge in [0, 0.05) is 11.4 Å². The minimum Gasteiger partial charge on any atom is -0.378 e. The van der Waals surface area contributed by atoms with Gasteiger partial charge in [-0.05, 0) is 25.0 Å². The zero-order chi connectivity index (χ0) is 12.8. The van der Waals surface area contributed by atoms with Gasteiger partial charge in [-0.3, -0.25) is 0 Å². The molecule has 0 saturated heterocycles. The number of hydrogen-bond acceptors (Lipinski definition) is 2. The first-order valence-electron chi connectivity index (χ1n) is 6.69. The molecule has 2 rings (SSSR count). The molecule has 0 fully saturated rings. The number of anilines is 1. The second-order valence-corrected chi connectivity index (χ2v) is 4.43. The standard InChI is InChI=1S/C15H21N3/c1-3-8-14-13(4-2)17-15(18-14)11-16-12-9-6-5-7-10-12/h5-7,9-10,16H,3-4,8,11H2,1-2H3,(H,17,18). The predicted octanol–water partition coefficient (Wildman–Crippen LogP) is 3.54. The second-order valence-electron chi connectivity index (χ2n) is 4.43. The Balaban J connectivity index is 2.01. The zero-order valence-electron chi connectivity index (χ0n) is 11.2. The van der Waals surface area contributed by atoms with Gasteiger partial charge in [-0.1, -0.05) is 38.5 Å². The number of rotatable bonds is 6. The third-order valence-corrected chi connectivity index (χ3v) is 2.98. The van der Waals surface area contributed by atoms with E-state index in [9.17, 15) is 0 Å². The maximum Gasteiger partial charge on any atom is 0.125 e. The first-order valence-corrected chi connectivity index (χ1v) is 6.69. The van der Waals surface area contributed by atoms with Gasteiger partial charge in [-0.25, -0.2) is 4.98 Å². The SMILES string of the molecule is CCCc1[nH]c(CNc2ccccc2)nc1CC. The van der Waals surface area contributed by atoms with Gasteiger partial charge in [0.25, 0.3) is 0 Å². The molecule has 1 heterocycles. The van der Waals surface area contributed by atoms with Crippen LogP contribution < -0.4 is 5.32 Å². The van der Waals surface area contributed by atoms with E-state index in [4.69, 9.17) is 0 Å². The molecule has 0 aliphatic rings. The maximum absolute atomic E-state index is 4.64. The summed E-state index contributed by atoms with van der Waals surface area (Å²) in [7, 11) is 0. The maximum atomic E-state index is 4.64. The molecule has 0 spiro atoms. The highest BCUT2D eigenvalue weighted by Gasteiger charge is 2.07. The number of nitrogens with zero attached hydrogens (tertiary/aromatic N) is 1. The van der Waals surface area contributed by atoms with Crippen LogP contribution in [0.15, 0.2) is 30.3 Å². The van der Waals surface area contributed by atoms with E-state index in [1.165, 1.54) is 11.4 Å². The molecule has 2 aromatic rings. The number of aromatic nitrogens is 2. The summed E-state index contributed by atoms with van der Waals surface area (Å²) in [5.74, 6) is 1.03. The van der Waals surface area contributed by atoms with Crippen molar-refractivity contribution in [3.05, 3.63) is 47.5 Å². The first-order chi connectivity index (χ1) is 8.83. The van der Waals surface area contributed by atoms with Crippen molar-refractivity contribution in [1.82, 2.24) is 9.97 Å². The van der Waals surface area contributed by atoms with Gasteiger partial charge in [-0.15, -0.1) is 0 Å². The number of aryl methyl sites for hydroxylation is 2. The minimum atomic E-state index is 0.751. The van der Waals surface area contributed by atoms with Crippen molar-refractivity contribution in [3.63, 3.8) is 0 Å². The van der Waals surface area contributed by atoms with Crippen LogP contribution in [0.2, 0.25) is 0 Å². The third kappa shape index (κ3) is 3.13. The molecule has 1 aromatic carbocycles. The van der Waals surface area contributed by atoms with Crippen molar-refractivity contribution in [2.75, 3.05) is 5.32 Å². The quantitative estimate of drug-likeness (QED) is 0.814. The monoisotopic (exact) mass is 243 g/mol. The van der Waals surface area contributed by atoms with Crippen LogP contribution in [-0.4, -0.2) is 9.97 Å². The predicted molar refractivity (Wildman–Crippen MR) is 75.7 cm³/mol. The summed E-state index contributed by atoms with van der Waals surface area (Å²) >= 11 is 0. The Hall–Kier alpha value is -1.77. The summed E-state index contributed by atoms with van der Waals surface area (Å²) < 4.78 is 0. The molecule has 96 valence electrons. The largest absolute Gasteiger partial charge is 0.378 e. The molecule has 0 saturated carbocycles. The lowest BCUT2D eigenvalue weighted by molar-refractivity contribution is 0.864. The van der Waals surface area contributed by atoms with E-state index in [0.29, 0.717) is 0 Å². The molecular formula is C15H21N3. The number of para-hydroxylation sites is 1. The Kier molecular flexibility index (Phi) is 4.40. The summed E-state index contributed by atoms with van der Waals surface area (Å²) in [4.78, 5) is 8.07. The van der Waals surface area contributed by atoms with Crippen LogP contribution in [-0.2, 0) is 19.4 Å². The lowest BCUT2D eigenvalue weighted by Gasteiger charge is -2.03. The minimum absolute atomic E-state index is 0.751. The number of nitrogens with one attached hydrogen (secondary N) is 2. The van der Waals surface area contributed by atoms with Crippen molar-refractivity contribution in [1.29, 1.82) is 0 Å².